The van der Waals surface area contributed by atoms with Crippen molar-refractivity contribution in [3.05, 3.63) is 28.1 Å². The Morgan fingerprint density at radius 3 is 3.23 bits per heavy atom. The summed E-state index contributed by atoms with van der Waals surface area (Å²) in [4.78, 5) is 15.6. The Morgan fingerprint density at radius 1 is 1.62 bits per heavy atom. The Bertz CT molecular complexity index is 404. The summed E-state index contributed by atoms with van der Waals surface area (Å²) < 4.78 is 0. The van der Waals surface area contributed by atoms with Crippen LogP contribution in [0.4, 0.5) is 0 Å². The molecule has 1 aromatic heterocycles. The van der Waals surface area contributed by atoms with E-state index in [1.807, 2.05) is 17.5 Å². The number of nitrogens with zero attached hydrogens (tertiary/aromatic N) is 1. The Morgan fingerprint density at radius 2 is 2.46 bits per heavy atom. The van der Waals surface area contributed by atoms with Gasteiger partial charge in [0, 0.05) is 17.5 Å². The van der Waals surface area contributed by atoms with E-state index in [2.05, 4.69) is 4.99 Å². The monoisotopic (exact) mass is 193 g/mol. The smallest absolute Gasteiger partial charge is 0.350 e. The zero-order chi connectivity index (χ0) is 9.26. The summed E-state index contributed by atoms with van der Waals surface area (Å²) in [5, 5.41) is 10.7. The molecule has 0 aromatic carbocycles. The van der Waals surface area contributed by atoms with Gasteiger partial charge in [-0.3, -0.25) is 4.99 Å². The van der Waals surface area contributed by atoms with E-state index in [0.717, 1.165) is 10.4 Å². The van der Waals surface area contributed by atoms with Gasteiger partial charge in [0.25, 0.3) is 0 Å². The lowest BCUT2D eigenvalue weighted by Gasteiger charge is -1.96. The highest BCUT2D eigenvalue weighted by Crippen LogP contribution is 2.21. The number of aliphatic imine (C=N–C) groups is 1. The second-order valence-electron chi connectivity index (χ2n) is 2.68. The molecule has 3 nitrogen and oxygen atoms in total. The number of carboxylic acids is 1. The number of rotatable bonds is 1. The molecule has 1 aliphatic rings. The molecule has 0 saturated heterocycles. The van der Waals surface area contributed by atoms with E-state index in [-0.39, 0.29) is 5.71 Å². The van der Waals surface area contributed by atoms with Crippen LogP contribution in [0.15, 0.2) is 22.6 Å². The minimum Gasteiger partial charge on any atom is -0.477 e. The van der Waals surface area contributed by atoms with E-state index in [1.54, 1.807) is 17.5 Å². The number of thiophene rings is 1. The van der Waals surface area contributed by atoms with Crippen molar-refractivity contribution in [3.63, 3.8) is 0 Å². The van der Waals surface area contributed by atoms with Gasteiger partial charge < -0.3 is 5.11 Å². The molecule has 0 saturated carbocycles. The maximum Gasteiger partial charge on any atom is 0.350 e. The molecular formula is C9H7NO2S. The van der Waals surface area contributed by atoms with Gasteiger partial charge in [0.15, 0.2) is 0 Å². The quantitative estimate of drug-likeness (QED) is 0.739. The van der Waals surface area contributed by atoms with E-state index >= 15 is 0 Å². The predicted molar refractivity (Wildman–Crippen MR) is 52.1 cm³/mol. The van der Waals surface area contributed by atoms with Crippen LogP contribution in [0.2, 0.25) is 0 Å². The van der Waals surface area contributed by atoms with Crippen molar-refractivity contribution in [2.45, 2.75) is 6.42 Å². The second-order valence-corrected chi connectivity index (χ2v) is 3.63. The minimum atomic E-state index is -0.941. The molecule has 4 heteroatoms. The predicted octanol–water partition coefficient (Wildman–Crippen LogP) is 1.80. The molecule has 0 bridgehead atoms. The molecule has 66 valence electrons. The normalized spacial score (nSPS) is 14.6. The van der Waals surface area contributed by atoms with Crippen molar-refractivity contribution in [2.24, 2.45) is 4.99 Å². The van der Waals surface area contributed by atoms with Gasteiger partial charge in [0.05, 0.1) is 0 Å². The van der Waals surface area contributed by atoms with Crippen LogP contribution in [0, 0.1) is 0 Å². The van der Waals surface area contributed by atoms with Crippen LogP contribution in [0.1, 0.15) is 10.4 Å². The zero-order valence-corrected chi connectivity index (χ0v) is 7.54. The van der Waals surface area contributed by atoms with Gasteiger partial charge in [0.2, 0.25) is 0 Å². The zero-order valence-electron chi connectivity index (χ0n) is 6.73. The molecule has 2 rings (SSSR count). The highest BCUT2D eigenvalue weighted by molar-refractivity contribution is 7.11. The molecular weight excluding hydrogens is 186 g/mol. The van der Waals surface area contributed by atoms with Crippen LogP contribution in [-0.4, -0.2) is 16.8 Å². The van der Waals surface area contributed by atoms with Crippen LogP contribution >= 0.6 is 11.3 Å². The van der Waals surface area contributed by atoms with Crippen molar-refractivity contribution in [1.82, 2.24) is 0 Å². The lowest BCUT2D eigenvalue weighted by molar-refractivity contribution is -0.129. The van der Waals surface area contributed by atoms with Gasteiger partial charge >= 0.3 is 5.97 Å². The number of hydrogen-bond acceptors (Lipinski definition) is 3. The van der Waals surface area contributed by atoms with Gasteiger partial charge in [0.1, 0.15) is 5.71 Å². The molecule has 1 aliphatic heterocycles. The molecule has 0 unspecified atom stereocenters. The second kappa shape index (κ2) is 3.14. The lowest BCUT2D eigenvalue weighted by Crippen LogP contribution is -2.14. The molecule has 0 aliphatic carbocycles. The number of hydrogen-bond donors (Lipinski definition) is 1. The van der Waals surface area contributed by atoms with E-state index in [1.165, 1.54) is 0 Å². The molecule has 13 heavy (non-hydrogen) atoms. The van der Waals surface area contributed by atoms with Crippen molar-refractivity contribution < 1.29 is 9.90 Å². The summed E-state index contributed by atoms with van der Waals surface area (Å²) in [6.07, 6.45) is 3.81. The summed E-state index contributed by atoms with van der Waals surface area (Å²) in [7, 11) is 0. The number of carbonyl (C=O) groups is 1. The van der Waals surface area contributed by atoms with E-state index in [9.17, 15) is 4.79 Å². The summed E-state index contributed by atoms with van der Waals surface area (Å²) >= 11 is 1.60. The molecule has 0 spiro atoms. The number of aliphatic carboxylic acids is 1. The average molecular weight is 193 g/mol. The Kier molecular flexibility index (Phi) is 1.98. The van der Waals surface area contributed by atoms with Crippen LogP contribution < -0.4 is 0 Å². The van der Waals surface area contributed by atoms with Crippen molar-refractivity contribution >= 4 is 29.1 Å². The van der Waals surface area contributed by atoms with E-state index in [4.69, 9.17) is 5.11 Å². The van der Waals surface area contributed by atoms with Gasteiger partial charge in [-0.2, -0.15) is 0 Å². The molecule has 1 aromatic rings. The molecule has 0 radical (unpaired) electrons. The van der Waals surface area contributed by atoms with Crippen LogP contribution in [-0.2, 0) is 11.2 Å². The summed E-state index contributed by atoms with van der Waals surface area (Å²) in [6.45, 7) is 0. The Labute approximate surface area is 79.1 Å². The maximum atomic E-state index is 10.7. The fourth-order valence-electron chi connectivity index (χ4n) is 1.19. The Balaban J connectivity index is 2.39. The van der Waals surface area contributed by atoms with Crippen LogP contribution in [0.3, 0.4) is 0 Å². The Hall–Kier alpha value is -1.42. The molecule has 0 atom stereocenters. The van der Waals surface area contributed by atoms with Gasteiger partial charge in [-0.05, 0) is 23.1 Å². The maximum absolute atomic E-state index is 10.7. The first-order valence-electron chi connectivity index (χ1n) is 3.80. The minimum absolute atomic E-state index is 0.202. The van der Waals surface area contributed by atoms with E-state index in [0.29, 0.717) is 6.42 Å². The molecule has 2 heterocycles. The number of carboxylic acid groups (broad SMARTS) is 1. The first kappa shape index (κ1) is 8.19. The SMILES string of the molecule is O=C(O)C1=NC=Cc2sccc2C1. The van der Waals surface area contributed by atoms with Crippen LogP contribution in [0.25, 0.3) is 6.08 Å². The first-order chi connectivity index (χ1) is 6.27. The topological polar surface area (TPSA) is 49.7 Å². The summed E-state index contributed by atoms with van der Waals surface area (Å²) in [6, 6.07) is 1.94. The first-order valence-corrected chi connectivity index (χ1v) is 4.68. The third kappa shape index (κ3) is 1.53. The highest BCUT2D eigenvalue weighted by Gasteiger charge is 2.14. The largest absolute Gasteiger partial charge is 0.477 e. The standard InChI is InChI=1S/C9H7NO2S/c11-9(12)7-5-6-2-4-13-8(6)1-3-10-7/h1-4H,5H2,(H,11,12). The fourth-order valence-corrected chi connectivity index (χ4v) is 2.00. The van der Waals surface area contributed by atoms with Gasteiger partial charge in [-0.15, -0.1) is 11.3 Å². The number of fused-ring (bicyclic) bond motifs is 1. The molecule has 0 fully saturated rings. The summed E-state index contributed by atoms with van der Waals surface area (Å²) in [5.41, 5.74) is 1.24. The molecule has 1 N–H and O–H groups in total. The van der Waals surface area contributed by atoms with Gasteiger partial charge in [-0.1, -0.05) is 0 Å². The van der Waals surface area contributed by atoms with E-state index < -0.39 is 5.97 Å². The van der Waals surface area contributed by atoms with Crippen molar-refractivity contribution in [2.75, 3.05) is 0 Å². The van der Waals surface area contributed by atoms with Gasteiger partial charge in [-0.25, -0.2) is 4.79 Å². The van der Waals surface area contributed by atoms with Crippen LogP contribution in [0.5, 0.6) is 0 Å². The average Bonchev–Trinajstić information content (AvgIpc) is 2.42. The fraction of sp³-hybridized carbons (Fsp3) is 0.111. The lowest BCUT2D eigenvalue weighted by atomic mass is 10.1. The third-order valence-electron chi connectivity index (χ3n) is 1.84. The summed E-state index contributed by atoms with van der Waals surface area (Å²) in [5.74, 6) is -0.941. The van der Waals surface area contributed by atoms with Crippen molar-refractivity contribution in [3.8, 4) is 0 Å². The molecule has 0 amide bonds. The van der Waals surface area contributed by atoms with Crippen molar-refractivity contribution in [1.29, 1.82) is 0 Å². The third-order valence-corrected chi connectivity index (χ3v) is 2.77. The highest BCUT2D eigenvalue weighted by atomic mass is 32.1.